The van der Waals surface area contributed by atoms with Crippen molar-refractivity contribution in [3.63, 3.8) is 0 Å². The summed E-state index contributed by atoms with van der Waals surface area (Å²) in [7, 11) is 0. The molecule has 0 unspecified atom stereocenters. The minimum absolute atomic E-state index is 0.570. The van der Waals surface area contributed by atoms with Crippen LogP contribution < -0.4 is 0 Å². The van der Waals surface area contributed by atoms with E-state index in [0.717, 1.165) is 5.82 Å². The first-order valence-corrected chi connectivity index (χ1v) is 6.59. The number of aromatic nitrogens is 3. The standard InChI is InChI=1S/C13H21N3/c1-2-4-6-8-12(9-7-5-3-1)13-15-10-14-11-16-13/h10-12H,1-9H2. The lowest BCUT2D eigenvalue weighted by Crippen LogP contribution is -2.06. The summed E-state index contributed by atoms with van der Waals surface area (Å²) in [5, 5.41) is 0. The van der Waals surface area contributed by atoms with E-state index >= 15 is 0 Å². The van der Waals surface area contributed by atoms with Gasteiger partial charge in [-0.3, -0.25) is 0 Å². The monoisotopic (exact) mass is 219 g/mol. The predicted molar refractivity (Wildman–Crippen MR) is 64.1 cm³/mol. The van der Waals surface area contributed by atoms with E-state index in [1.54, 1.807) is 12.7 Å². The number of hydrogen-bond acceptors (Lipinski definition) is 3. The number of rotatable bonds is 1. The Balaban J connectivity index is 1.94. The second-order valence-corrected chi connectivity index (χ2v) is 4.75. The van der Waals surface area contributed by atoms with Crippen molar-refractivity contribution in [2.45, 2.75) is 63.7 Å². The largest absolute Gasteiger partial charge is 0.225 e. The lowest BCUT2D eigenvalue weighted by molar-refractivity contribution is 0.449. The molecule has 0 spiro atoms. The summed E-state index contributed by atoms with van der Waals surface area (Å²) in [6.07, 6.45) is 15.4. The quantitative estimate of drug-likeness (QED) is 0.725. The van der Waals surface area contributed by atoms with Gasteiger partial charge < -0.3 is 0 Å². The van der Waals surface area contributed by atoms with Crippen LogP contribution in [0.15, 0.2) is 12.7 Å². The van der Waals surface area contributed by atoms with Gasteiger partial charge in [-0.15, -0.1) is 0 Å². The molecule has 1 aliphatic rings. The van der Waals surface area contributed by atoms with Gasteiger partial charge in [-0.2, -0.15) is 0 Å². The molecule has 3 heteroatoms. The Morgan fingerprint density at radius 3 is 1.81 bits per heavy atom. The molecule has 1 aromatic heterocycles. The average Bonchev–Trinajstić information content (AvgIpc) is 2.37. The van der Waals surface area contributed by atoms with Crippen LogP contribution in [0.4, 0.5) is 0 Å². The van der Waals surface area contributed by atoms with E-state index in [0.29, 0.717) is 5.92 Å². The van der Waals surface area contributed by atoms with Crippen LogP contribution in [0.3, 0.4) is 0 Å². The van der Waals surface area contributed by atoms with Gasteiger partial charge in [-0.1, -0.05) is 44.9 Å². The summed E-state index contributed by atoms with van der Waals surface area (Å²) in [6, 6.07) is 0. The molecule has 3 nitrogen and oxygen atoms in total. The molecule has 1 saturated carbocycles. The first-order valence-electron chi connectivity index (χ1n) is 6.59. The third-order valence-electron chi connectivity index (χ3n) is 3.48. The molecule has 0 atom stereocenters. The number of nitrogens with zero attached hydrogens (tertiary/aromatic N) is 3. The molecule has 0 aliphatic heterocycles. The van der Waals surface area contributed by atoms with Crippen molar-refractivity contribution in [3.05, 3.63) is 18.5 Å². The van der Waals surface area contributed by atoms with Gasteiger partial charge >= 0.3 is 0 Å². The SMILES string of the molecule is c1ncnc(C2CCCCCCCCC2)n1. The van der Waals surface area contributed by atoms with E-state index in [1.807, 2.05) is 0 Å². The zero-order chi connectivity index (χ0) is 11.1. The topological polar surface area (TPSA) is 38.7 Å². The fourth-order valence-electron chi connectivity index (χ4n) is 2.53. The third kappa shape index (κ3) is 3.54. The maximum Gasteiger partial charge on any atom is 0.135 e. The van der Waals surface area contributed by atoms with Gasteiger partial charge in [0.05, 0.1) is 0 Å². The van der Waals surface area contributed by atoms with Crippen LogP contribution in [-0.2, 0) is 0 Å². The maximum absolute atomic E-state index is 4.31. The average molecular weight is 219 g/mol. The van der Waals surface area contributed by atoms with Crippen molar-refractivity contribution >= 4 is 0 Å². The van der Waals surface area contributed by atoms with Crippen molar-refractivity contribution in [3.8, 4) is 0 Å². The normalized spacial score (nSPS) is 20.5. The van der Waals surface area contributed by atoms with E-state index in [-0.39, 0.29) is 0 Å². The Labute approximate surface area is 97.7 Å². The molecule has 1 heterocycles. The summed E-state index contributed by atoms with van der Waals surface area (Å²) in [4.78, 5) is 12.5. The lowest BCUT2D eigenvalue weighted by Gasteiger charge is -2.16. The van der Waals surface area contributed by atoms with Crippen molar-refractivity contribution < 1.29 is 0 Å². The van der Waals surface area contributed by atoms with Crippen LogP contribution in [0, 0.1) is 0 Å². The molecule has 1 fully saturated rings. The minimum atomic E-state index is 0.570. The third-order valence-corrected chi connectivity index (χ3v) is 3.48. The molecule has 0 saturated heterocycles. The smallest absolute Gasteiger partial charge is 0.135 e. The zero-order valence-electron chi connectivity index (χ0n) is 9.94. The molecule has 1 aromatic rings. The molecule has 0 bridgehead atoms. The fraction of sp³-hybridized carbons (Fsp3) is 0.769. The van der Waals surface area contributed by atoms with Gasteiger partial charge in [0.2, 0.25) is 0 Å². The molecule has 1 aliphatic carbocycles. The van der Waals surface area contributed by atoms with Crippen molar-refractivity contribution in [2.75, 3.05) is 0 Å². The van der Waals surface area contributed by atoms with E-state index in [9.17, 15) is 0 Å². The first-order chi connectivity index (χ1) is 7.97. The van der Waals surface area contributed by atoms with Crippen LogP contribution in [0.1, 0.15) is 69.5 Å². The van der Waals surface area contributed by atoms with Gasteiger partial charge in [-0.05, 0) is 12.8 Å². The van der Waals surface area contributed by atoms with Gasteiger partial charge in [0.1, 0.15) is 18.5 Å². The Morgan fingerprint density at radius 2 is 1.25 bits per heavy atom. The summed E-state index contributed by atoms with van der Waals surface area (Å²) >= 11 is 0. The summed E-state index contributed by atoms with van der Waals surface area (Å²) in [5.41, 5.74) is 0. The Morgan fingerprint density at radius 1 is 0.750 bits per heavy atom. The first kappa shape index (κ1) is 11.5. The molecule has 0 radical (unpaired) electrons. The Bertz CT molecular complexity index is 276. The lowest BCUT2D eigenvalue weighted by atomic mass is 9.92. The van der Waals surface area contributed by atoms with Crippen LogP contribution in [0.25, 0.3) is 0 Å². The van der Waals surface area contributed by atoms with E-state index in [1.165, 1.54) is 57.8 Å². The van der Waals surface area contributed by atoms with Crippen molar-refractivity contribution in [2.24, 2.45) is 0 Å². The fourth-order valence-corrected chi connectivity index (χ4v) is 2.53. The van der Waals surface area contributed by atoms with Crippen LogP contribution in [-0.4, -0.2) is 15.0 Å². The summed E-state index contributed by atoms with van der Waals surface area (Å²) in [5.74, 6) is 1.58. The highest BCUT2D eigenvalue weighted by atomic mass is 15.0. The van der Waals surface area contributed by atoms with Crippen LogP contribution in [0.5, 0.6) is 0 Å². The summed E-state index contributed by atoms with van der Waals surface area (Å²) in [6.45, 7) is 0. The highest BCUT2D eigenvalue weighted by Crippen LogP contribution is 2.27. The van der Waals surface area contributed by atoms with Gasteiger partial charge in [0, 0.05) is 5.92 Å². The molecule has 0 aromatic carbocycles. The number of hydrogen-bond donors (Lipinski definition) is 0. The molecule has 0 N–H and O–H groups in total. The van der Waals surface area contributed by atoms with Gasteiger partial charge in [0.15, 0.2) is 0 Å². The highest BCUT2D eigenvalue weighted by Gasteiger charge is 2.14. The molecule has 2 rings (SSSR count). The van der Waals surface area contributed by atoms with Gasteiger partial charge in [0.25, 0.3) is 0 Å². The second kappa shape index (κ2) is 6.56. The molecular formula is C13H21N3. The molecule has 88 valence electrons. The Hall–Kier alpha value is -0.990. The van der Waals surface area contributed by atoms with Crippen molar-refractivity contribution in [1.82, 2.24) is 15.0 Å². The highest BCUT2D eigenvalue weighted by molar-refractivity contribution is 4.93. The van der Waals surface area contributed by atoms with Crippen molar-refractivity contribution in [1.29, 1.82) is 0 Å². The molecule has 16 heavy (non-hydrogen) atoms. The van der Waals surface area contributed by atoms with Crippen LogP contribution >= 0.6 is 0 Å². The maximum atomic E-state index is 4.31. The molecular weight excluding hydrogens is 198 g/mol. The minimum Gasteiger partial charge on any atom is -0.225 e. The zero-order valence-corrected chi connectivity index (χ0v) is 9.94. The van der Waals surface area contributed by atoms with Crippen LogP contribution in [0.2, 0.25) is 0 Å². The predicted octanol–water partition coefficient (Wildman–Crippen LogP) is 3.48. The molecule has 0 amide bonds. The summed E-state index contributed by atoms with van der Waals surface area (Å²) < 4.78 is 0. The van der Waals surface area contributed by atoms with E-state index < -0.39 is 0 Å². The van der Waals surface area contributed by atoms with E-state index in [4.69, 9.17) is 0 Å². The Kier molecular flexibility index (Phi) is 4.71. The van der Waals surface area contributed by atoms with E-state index in [2.05, 4.69) is 15.0 Å². The van der Waals surface area contributed by atoms with Gasteiger partial charge in [-0.25, -0.2) is 15.0 Å². The second-order valence-electron chi connectivity index (χ2n) is 4.75.